The molecule has 108 valence electrons. The number of nitrogens with one attached hydrogen (secondary N) is 1. The summed E-state index contributed by atoms with van der Waals surface area (Å²) < 4.78 is 13.9. The molecule has 2 rings (SSSR count). The number of amides is 2. The molecule has 1 fully saturated rings. The highest BCUT2D eigenvalue weighted by molar-refractivity contribution is 5.97. The Kier molecular flexibility index (Phi) is 4.37. The van der Waals surface area contributed by atoms with Gasteiger partial charge in [-0.1, -0.05) is 6.07 Å². The fourth-order valence-electron chi connectivity index (χ4n) is 2.56. The molecule has 20 heavy (non-hydrogen) atoms. The SMILES string of the molecule is CNC(=O)C1CCCCN1C(=O)c1ccc(C)cc1F. The van der Waals surface area contributed by atoms with E-state index in [4.69, 9.17) is 0 Å². The van der Waals surface area contributed by atoms with Gasteiger partial charge in [-0.05, 0) is 43.9 Å². The standard InChI is InChI=1S/C15H19FN2O2/c1-10-6-7-11(12(16)9-10)15(20)18-8-4-3-5-13(18)14(19)17-2/h6-7,9,13H,3-5,8H2,1-2H3,(H,17,19). The molecule has 1 aliphatic heterocycles. The van der Waals surface area contributed by atoms with Crippen LogP contribution in [0, 0.1) is 12.7 Å². The van der Waals surface area contributed by atoms with Crippen LogP contribution in [0.2, 0.25) is 0 Å². The van der Waals surface area contributed by atoms with E-state index >= 15 is 0 Å². The van der Waals surface area contributed by atoms with Gasteiger partial charge in [-0.15, -0.1) is 0 Å². The van der Waals surface area contributed by atoms with Crippen LogP contribution in [0.25, 0.3) is 0 Å². The quantitative estimate of drug-likeness (QED) is 0.898. The molecule has 1 aliphatic rings. The zero-order valence-corrected chi connectivity index (χ0v) is 11.8. The number of carbonyl (C=O) groups excluding carboxylic acids is 2. The maximum Gasteiger partial charge on any atom is 0.257 e. The lowest BCUT2D eigenvalue weighted by Crippen LogP contribution is -2.51. The number of aryl methyl sites for hydroxylation is 1. The lowest BCUT2D eigenvalue weighted by atomic mass is 9.99. The summed E-state index contributed by atoms with van der Waals surface area (Å²) in [7, 11) is 1.55. The molecule has 1 aromatic carbocycles. The lowest BCUT2D eigenvalue weighted by Gasteiger charge is -2.34. The number of benzene rings is 1. The first kappa shape index (κ1) is 14.5. The Labute approximate surface area is 118 Å². The molecule has 1 saturated heterocycles. The molecule has 1 aromatic rings. The van der Waals surface area contributed by atoms with Gasteiger partial charge in [0.15, 0.2) is 0 Å². The highest BCUT2D eigenvalue weighted by atomic mass is 19.1. The molecule has 2 amide bonds. The molecule has 0 aromatic heterocycles. The highest BCUT2D eigenvalue weighted by Gasteiger charge is 2.32. The summed E-state index contributed by atoms with van der Waals surface area (Å²) in [6.07, 6.45) is 2.36. The largest absolute Gasteiger partial charge is 0.357 e. The summed E-state index contributed by atoms with van der Waals surface area (Å²) in [5, 5.41) is 2.57. The van der Waals surface area contributed by atoms with E-state index in [-0.39, 0.29) is 11.5 Å². The first-order chi connectivity index (χ1) is 9.54. The molecule has 0 saturated carbocycles. The molecule has 1 heterocycles. The fourth-order valence-corrected chi connectivity index (χ4v) is 2.56. The molecule has 0 spiro atoms. The molecule has 1 unspecified atom stereocenters. The van der Waals surface area contributed by atoms with Crippen molar-refractivity contribution in [2.75, 3.05) is 13.6 Å². The smallest absolute Gasteiger partial charge is 0.257 e. The van der Waals surface area contributed by atoms with E-state index in [1.807, 2.05) is 0 Å². The Morgan fingerprint density at radius 1 is 1.35 bits per heavy atom. The zero-order chi connectivity index (χ0) is 14.7. The van der Waals surface area contributed by atoms with Crippen LogP contribution in [0.4, 0.5) is 4.39 Å². The van der Waals surface area contributed by atoms with Crippen molar-refractivity contribution in [2.45, 2.75) is 32.2 Å². The molecule has 0 aliphatic carbocycles. The Balaban J connectivity index is 2.27. The number of hydrogen-bond donors (Lipinski definition) is 1. The molecule has 0 radical (unpaired) electrons. The average Bonchev–Trinajstić information content (AvgIpc) is 2.46. The Morgan fingerprint density at radius 2 is 2.10 bits per heavy atom. The third-order valence-corrected chi connectivity index (χ3v) is 3.67. The highest BCUT2D eigenvalue weighted by Crippen LogP contribution is 2.21. The molecule has 5 heteroatoms. The van der Waals surface area contributed by atoms with Crippen LogP contribution in [0.5, 0.6) is 0 Å². The average molecular weight is 278 g/mol. The second kappa shape index (κ2) is 6.03. The number of nitrogens with zero attached hydrogens (tertiary/aromatic N) is 1. The molecule has 1 atom stereocenters. The number of hydrogen-bond acceptors (Lipinski definition) is 2. The summed E-state index contributed by atoms with van der Waals surface area (Å²) in [5.74, 6) is -1.13. The molecule has 0 bridgehead atoms. The first-order valence-electron chi connectivity index (χ1n) is 6.83. The zero-order valence-electron chi connectivity index (χ0n) is 11.8. The van der Waals surface area contributed by atoms with Crippen molar-refractivity contribution in [1.29, 1.82) is 0 Å². The van der Waals surface area contributed by atoms with Gasteiger partial charge in [0.05, 0.1) is 5.56 Å². The van der Waals surface area contributed by atoms with Crippen molar-refractivity contribution in [3.63, 3.8) is 0 Å². The molecular weight excluding hydrogens is 259 g/mol. The van der Waals surface area contributed by atoms with Crippen LogP contribution in [-0.2, 0) is 4.79 Å². The van der Waals surface area contributed by atoms with Gasteiger partial charge in [0.1, 0.15) is 11.9 Å². The van der Waals surface area contributed by atoms with Crippen molar-refractivity contribution in [3.8, 4) is 0 Å². The van der Waals surface area contributed by atoms with Gasteiger partial charge < -0.3 is 10.2 Å². The number of likely N-dealkylation sites (N-methyl/N-ethyl adjacent to an activating group) is 1. The van der Waals surface area contributed by atoms with Crippen LogP contribution in [0.3, 0.4) is 0 Å². The number of carbonyl (C=O) groups is 2. The van der Waals surface area contributed by atoms with E-state index in [2.05, 4.69) is 5.32 Å². The molecule has 1 N–H and O–H groups in total. The minimum Gasteiger partial charge on any atom is -0.357 e. The summed E-state index contributed by atoms with van der Waals surface area (Å²) in [6.45, 7) is 2.26. The number of halogens is 1. The topological polar surface area (TPSA) is 49.4 Å². The Bertz CT molecular complexity index is 531. The summed E-state index contributed by atoms with van der Waals surface area (Å²) >= 11 is 0. The van der Waals surface area contributed by atoms with Gasteiger partial charge >= 0.3 is 0 Å². The third kappa shape index (κ3) is 2.81. The third-order valence-electron chi connectivity index (χ3n) is 3.67. The monoisotopic (exact) mass is 278 g/mol. The predicted octanol–water partition coefficient (Wildman–Crippen LogP) is 1.87. The first-order valence-corrected chi connectivity index (χ1v) is 6.83. The van der Waals surface area contributed by atoms with Gasteiger partial charge in [-0.3, -0.25) is 9.59 Å². The number of piperidine rings is 1. The number of likely N-dealkylation sites (tertiary alicyclic amines) is 1. The lowest BCUT2D eigenvalue weighted by molar-refractivity contribution is -0.126. The van der Waals surface area contributed by atoms with Crippen LogP contribution in [0.15, 0.2) is 18.2 Å². The maximum atomic E-state index is 13.9. The van der Waals surface area contributed by atoms with Crippen molar-refractivity contribution in [1.82, 2.24) is 10.2 Å². The van der Waals surface area contributed by atoms with Crippen LogP contribution < -0.4 is 5.32 Å². The van der Waals surface area contributed by atoms with Crippen LogP contribution >= 0.6 is 0 Å². The van der Waals surface area contributed by atoms with Crippen molar-refractivity contribution in [2.24, 2.45) is 0 Å². The van der Waals surface area contributed by atoms with Gasteiger partial charge in [0.25, 0.3) is 5.91 Å². The van der Waals surface area contributed by atoms with Crippen molar-refractivity contribution >= 4 is 11.8 Å². The van der Waals surface area contributed by atoms with Gasteiger partial charge in [0, 0.05) is 13.6 Å². The second-order valence-electron chi connectivity index (χ2n) is 5.11. The minimum absolute atomic E-state index is 0.0337. The van der Waals surface area contributed by atoms with Gasteiger partial charge in [-0.25, -0.2) is 4.39 Å². The maximum absolute atomic E-state index is 13.9. The van der Waals surface area contributed by atoms with Gasteiger partial charge in [0.2, 0.25) is 5.91 Å². The van der Waals surface area contributed by atoms with E-state index in [1.54, 1.807) is 20.0 Å². The Morgan fingerprint density at radius 3 is 2.75 bits per heavy atom. The number of rotatable bonds is 2. The van der Waals surface area contributed by atoms with Crippen LogP contribution in [-0.4, -0.2) is 36.3 Å². The van der Waals surface area contributed by atoms with Gasteiger partial charge in [-0.2, -0.15) is 0 Å². The molecular formula is C15H19FN2O2. The summed E-state index contributed by atoms with van der Waals surface area (Å²) in [5.41, 5.74) is 0.798. The second-order valence-corrected chi connectivity index (χ2v) is 5.11. The normalized spacial score (nSPS) is 18.8. The van der Waals surface area contributed by atoms with Crippen LogP contribution in [0.1, 0.15) is 35.2 Å². The Hall–Kier alpha value is -1.91. The van der Waals surface area contributed by atoms with E-state index in [0.717, 1.165) is 18.4 Å². The predicted molar refractivity (Wildman–Crippen MR) is 73.9 cm³/mol. The van der Waals surface area contributed by atoms with E-state index < -0.39 is 17.8 Å². The summed E-state index contributed by atoms with van der Waals surface area (Å²) in [6, 6.07) is 4.03. The van der Waals surface area contributed by atoms with E-state index in [1.165, 1.54) is 17.0 Å². The van der Waals surface area contributed by atoms with E-state index in [9.17, 15) is 14.0 Å². The summed E-state index contributed by atoms with van der Waals surface area (Å²) in [4.78, 5) is 25.8. The minimum atomic E-state index is -0.531. The van der Waals surface area contributed by atoms with Crippen molar-refractivity contribution in [3.05, 3.63) is 35.1 Å². The van der Waals surface area contributed by atoms with Crippen molar-refractivity contribution < 1.29 is 14.0 Å². The molecule has 4 nitrogen and oxygen atoms in total. The van der Waals surface area contributed by atoms with E-state index in [0.29, 0.717) is 13.0 Å². The fraction of sp³-hybridized carbons (Fsp3) is 0.467.